The number of phenolic OH excluding ortho intramolecular Hbond substituents is 1. The van der Waals surface area contributed by atoms with Crippen molar-refractivity contribution in [3.63, 3.8) is 0 Å². The average molecular weight is 296 g/mol. The van der Waals surface area contributed by atoms with Crippen molar-refractivity contribution in [3.05, 3.63) is 40.5 Å². The van der Waals surface area contributed by atoms with Crippen LogP contribution in [0.3, 0.4) is 0 Å². The van der Waals surface area contributed by atoms with Crippen LogP contribution >= 0.6 is 0 Å². The summed E-state index contributed by atoms with van der Waals surface area (Å²) in [5, 5.41) is 10.8. The second-order valence-electron chi connectivity index (χ2n) is 7.25. The van der Waals surface area contributed by atoms with E-state index in [1.807, 2.05) is 0 Å². The molecule has 0 spiro atoms. The number of Topliss-reactive ketones (excluding diaryl/α,β-unsaturated/α-hetero) is 1. The highest BCUT2D eigenvalue weighted by Gasteiger charge is 2.44. The van der Waals surface area contributed by atoms with Crippen molar-refractivity contribution >= 4 is 5.78 Å². The molecule has 2 nitrogen and oxygen atoms in total. The zero-order valence-electron chi connectivity index (χ0n) is 13.3. The first kappa shape index (κ1) is 14.0. The molecule has 1 fully saturated rings. The number of hydrogen-bond acceptors (Lipinski definition) is 2. The van der Waals surface area contributed by atoms with Gasteiger partial charge in [0.1, 0.15) is 5.75 Å². The first-order chi connectivity index (χ1) is 10.7. The predicted molar refractivity (Wildman–Crippen MR) is 87.6 cm³/mol. The Morgan fingerprint density at radius 2 is 1.86 bits per heavy atom. The maximum Gasteiger partial charge on any atom is 0.170 e. The van der Waals surface area contributed by atoms with Crippen LogP contribution in [0.1, 0.15) is 83.8 Å². The van der Waals surface area contributed by atoms with Crippen molar-refractivity contribution in [3.8, 4) is 5.75 Å². The number of allylic oxidation sites excluding steroid dienone is 2. The molecule has 0 radical (unpaired) electrons. The highest BCUT2D eigenvalue weighted by atomic mass is 16.3. The molecular formula is C20H24O2. The SMILES string of the molecule is Cc1cc(C2C=CCCC2)c(O)c2c1C1CCCCC1C2=O. The molecule has 1 saturated carbocycles. The number of aryl methyl sites for hydroxylation is 1. The third-order valence-corrected chi connectivity index (χ3v) is 5.95. The van der Waals surface area contributed by atoms with E-state index in [1.165, 1.54) is 12.0 Å². The normalized spacial score (nSPS) is 30.2. The van der Waals surface area contributed by atoms with E-state index in [0.29, 0.717) is 11.5 Å². The largest absolute Gasteiger partial charge is 0.507 e. The van der Waals surface area contributed by atoms with Gasteiger partial charge in [-0.1, -0.05) is 31.1 Å². The minimum atomic E-state index is 0.130. The molecule has 0 bridgehead atoms. The van der Waals surface area contributed by atoms with Crippen LogP contribution in [0.15, 0.2) is 18.2 Å². The lowest BCUT2D eigenvalue weighted by Crippen LogP contribution is -2.17. The quantitative estimate of drug-likeness (QED) is 0.741. The summed E-state index contributed by atoms with van der Waals surface area (Å²) >= 11 is 0. The molecule has 1 aromatic rings. The van der Waals surface area contributed by atoms with E-state index >= 15 is 0 Å². The summed E-state index contributed by atoms with van der Waals surface area (Å²) < 4.78 is 0. The second-order valence-corrected chi connectivity index (χ2v) is 7.25. The molecule has 0 aliphatic heterocycles. The lowest BCUT2D eigenvalue weighted by atomic mass is 9.78. The monoisotopic (exact) mass is 296 g/mol. The lowest BCUT2D eigenvalue weighted by Gasteiger charge is -2.25. The number of hydrogen-bond donors (Lipinski definition) is 1. The highest BCUT2D eigenvalue weighted by Crippen LogP contribution is 2.52. The summed E-state index contributed by atoms with van der Waals surface area (Å²) in [7, 11) is 0. The van der Waals surface area contributed by atoms with E-state index in [2.05, 4.69) is 25.1 Å². The highest BCUT2D eigenvalue weighted by molar-refractivity contribution is 6.06. The lowest BCUT2D eigenvalue weighted by molar-refractivity contribution is 0.0896. The van der Waals surface area contributed by atoms with Gasteiger partial charge in [0.2, 0.25) is 0 Å². The Hall–Kier alpha value is -1.57. The minimum Gasteiger partial charge on any atom is -0.507 e. The smallest absolute Gasteiger partial charge is 0.170 e. The van der Waals surface area contributed by atoms with Crippen LogP contribution < -0.4 is 0 Å². The van der Waals surface area contributed by atoms with E-state index in [9.17, 15) is 9.90 Å². The zero-order chi connectivity index (χ0) is 15.3. The number of rotatable bonds is 1. The Morgan fingerprint density at radius 3 is 2.59 bits per heavy atom. The van der Waals surface area contributed by atoms with Crippen molar-refractivity contribution in [2.45, 2.75) is 63.7 Å². The minimum absolute atomic E-state index is 0.130. The summed E-state index contributed by atoms with van der Waals surface area (Å²) in [4.78, 5) is 12.9. The molecule has 0 aromatic heterocycles. The number of carbonyl (C=O) groups is 1. The van der Waals surface area contributed by atoms with Gasteiger partial charge in [-0.15, -0.1) is 0 Å². The van der Waals surface area contributed by atoms with Crippen molar-refractivity contribution in [1.29, 1.82) is 0 Å². The molecule has 22 heavy (non-hydrogen) atoms. The molecular weight excluding hydrogens is 272 g/mol. The van der Waals surface area contributed by atoms with Gasteiger partial charge in [0, 0.05) is 17.4 Å². The molecule has 3 unspecified atom stereocenters. The fourth-order valence-corrected chi connectivity index (χ4v) is 4.91. The third kappa shape index (κ3) is 1.96. The number of carbonyl (C=O) groups excluding carboxylic acids is 1. The summed E-state index contributed by atoms with van der Waals surface area (Å²) in [6.07, 6.45) is 12.2. The fourth-order valence-electron chi connectivity index (χ4n) is 4.91. The Bertz CT molecular complexity index is 656. The number of ketones is 1. The first-order valence-corrected chi connectivity index (χ1v) is 8.75. The van der Waals surface area contributed by atoms with Crippen molar-refractivity contribution in [1.82, 2.24) is 0 Å². The van der Waals surface area contributed by atoms with E-state index in [0.717, 1.165) is 49.7 Å². The average Bonchev–Trinajstić information content (AvgIpc) is 2.86. The molecule has 2 heteroatoms. The standard InChI is InChI=1S/C20H24O2/c1-12-11-16(13-7-3-2-4-8-13)20(22)18-17(12)14-9-5-6-10-15(14)19(18)21/h3,7,11,13-15,22H,2,4-6,8-10H2,1H3. The van der Waals surface area contributed by atoms with Crippen molar-refractivity contribution in [2.24, 2.45) is 5.92 Å². The van der Waals surface area contributed by atoms with Gasteiger partial charge in [-0.05, 0) is 56.1 Å². The molecule has 1 N–H and O–H groups in total. The Balaban J connectivity index is 1.85. The van der Waals surface area contributed by atoms with Gasteiger partial charge in [-0.2, -0.15) is 0 Å². The predicted octanol–water partition coefficient (Wildman–Crippen LogP) is 4.99. The molecule has 3 aliphatic carbocycles. The van der Waals surface area contributed by atoms with Crippen LogP contribution in [0.2, 0.25) is 0 Å². The number of benzene rings is 1. The Kier molecular flexibility index (Phi) is 3.36. The van der Waals surface area contributed by atoms with Crippen LogP contribution in [0.25, 0.3) is 0 Å². The van der Waals surface area contributed by atoms with Crippen LogP contribution in [0.5, 0.6) is 5.75 Å². The third-order valence-electron chi connectivity index (χ3n) is 5.95. The van der Waals surface area contributed by atoms with Crippen LogP contribution in [-0.2, 0) is 0 Å². The topological polar surface area (TPSA) is 37.3 Å². The first-order valence-electron chi connectivity index (χ1n) is 8.75. The molecule has 0 saturated heterocycles. The molecule has 3 aliphatic rings. The van der Waals surface area contributed by atoms with Crippen molar-refractivity contribution in [2.75, 3.05) is 0 Å². The van der Waals surface area contributed by atoms with Crippen LogP contribution in [-0.4, -0.2) is 10.9 Å². The van der Waals surface area contributed by atoms with Gasteiger partial charge in [0.25, 0.3) is 0 Å². The van der Waals surface area contributed by atoms with Gasteiger partial charge < -0.3 is 5.11 Å². The summed E-state index contributed by atoms with van der Waals surface area (Å²) in [5.74, 6) is 1.26. The molecule has 4 rings (SSSR count). The Morgan fingerprint density at radius 1 is 1.09 bits per heavy atom. The van der Waals surface area contributed by atoms with Gasteiger partial charge in [-0.25, -0.2) is 0 Å². The van der Waals surface area contributed by atoms with Gasteiger partial charge in [0.05, 0.1) is 5.56 Å². The van der Waals surface area contributed by atoms with Gasteiger partial charge in [0.15, 0.2) is 5.78 Å². The van der Waals surface area contributed by atoms with E-state index in [-0.39, 0.29) is 23.4 Å². The summed E-state index contributed by atoms with van der Waals surface area (Å²) in [6.45, 7) is 2.12. The maximum atomic E-state index is 12.9. The van der Waals surface area contributed by atoms with E-state index < -0.39 is 0 Å². The summed E-state index contributed by atoms with van der Waals surface area (Å²) in [5.41, 5.74) is 4.02. The van der Waals surface area contributed by atoms with Crippen LogP contribution in [0.4, 0.5) is 0 Å². The second kappa shape index (κ2) is 5.26. The van der Waals surface area contributed by atoms with Crippen LogP contribution in [0, 0.1) is 12.8 Å². The maximum absolute atomic E-state index is 12.9. The van der Waals surface area contributed by atoms with E-state index in [1.54, 1.807) is 0 Å². The number of fused-ring (bicyclic) bond motifs is 3. The Labute approximate surface area is 132 Å². The van der Waals surface area contributed by atoms with Crippen molar-refractivity contribution < 1.29 is 9.90 Å². The molecule has 0 heterocycles. The van der Waals surface area contributed by atoms with Gasteiger partial charge in [-0.3, -0.25) is 4.79 Å². The number of phenols is 1. The molecule has 0 amide bonds. The summed E-state index contributed by atoms with van der Waals surface area (Å²) in [6, 6.07) is 2.15. The molecule has 116 valence electrons. The van der Waals surface area contributed by atoms with Gasteiger partial charge >= 0.3 is 0 Å². The molecule has 3 atom stereocenters. The van der Waals surface area contributed by atoms with E-state index in [4.69, 9.17) is 0 Å². The zero-order valence-corrected chi connectivity index (χ0v) is 13.3. The fraction of sp³-hybridized carbons (Fsp3) is 0.550. The number of aromatic hydroxyl groups is 1. The molecule has 1 aromatic carbocycles.